The molecule has 0 spiro atoms. The molecule has 1 aromatic heterocycles. The molecule has 0 aliphatic rings. The summed E-state index contributed by atoms with van der Waals surface area (Å²) in [6, 6.07) is 9.61. The van der Waals surface area contributed by atoms with E-state index >= 15 is 0 Å². The molecule has 1 heterocycles. The number of rotatable bonds is 2. The van der Waals surface area contributed by atoms with Crippen LogP contribution >= 0.6 is 11.8 Å². The van der Waals surface area contributed by atoms with E-state index in [0.717, 1.165) is 15.8 Å². The van der Waals surface area contributed by atoms with Crippen LogP contribution in [0.2, 0.25) is 0 Å². The number of carbonyl (C=O) groups is 1. The van der Waals surface area contributed by atoms with Crippen LogP contribution in [-0.2, 0) is 4.74 Å². The first-order valence-electron chi connectivity index (χ1n) is 4.78. The Labute approximate surface area is 97.8 Å². The second kappa shape index (κ2) is 4.53. The number of benzene rings is 1. The van der Waals surface area contributed by atoms with Crippen molar-refractivity contribution in [3.05, 3.63) is 36.0 Å². The zero-order valence-electron chi connectivity index (χ0n) is 9.06. The fourth-order valence-electron chi connectivity index (χ4n) is 1.53. The number of ether oxygens (including phenoxy) is 1. The Morgan fingerprint density at radius 3 is 2.81 bits per heavy atom. The Morgan fingerprint density at radius 2 is 2.12 bits per heavy atom. The lowest BCUT2D eigenvalue weighted by Crippen LogP contribution is -2.04. The van der Waals surface area contributed by atoms with Gasteiger partial charge >= 0.3 is 5.97 Å². The smallest absolute Gasteiger partial charge is 0.356 e. The molecule has 0 fully saturated rings. The number of fused-ring (bicyclic) bond motifs is 1. The first kappa shape index (κ1) is 11.0. The van der Waals surface area contributed by atoms with Crippen molar-refractivity contribution in [1.82, 2.24) is 4.98 Å². The van der Waals surface area contributed by atoms with Crippen molar-refractivity contribution in [2.75, 3.05) is 13.4 Å². The lowest BCUT2D eigenvalue weighted by atomic mass is 10.1. The maximum Gasteiger partial charge on any atom is 0.356 e. The van der Waals surface area contributed by atoms with Crippen LogP contribution in [-0.4, -0.2) is 24.3 Å². The van der Waals surface area contributed by atoms with Gasteiger partial charge in [0, 0.05) is 5.39 Å². The molecule has 0 unspecified atom stereocenters. The molecule has 0 saturated heterocycles. The molecular weight excluding hydrogens is 222 g/mol. The number of carbonyl (C=O) groups excluding carboxylic acids is 1. The summed E-state index contributed by atoms with van der Waals surface area (Å²) in [6.45, 7) is 0. The van der Waals surface area contributed by atoms with Crippen LogP contribution in [0.4, 0.5) is 0 Å². The van der Waals surface area contributed by atoms with Crippen molar-refractivity contribution in [3.63, 3.8) is 0 Å². The molecule has 0 saturated carbocycles. The predicted octanol–water partition coefficient (Wildman–Crippen LogP) is 2.74. The highest BCUT2D eigenvalue weighted by Crippen LogP contribution is 2.25. The third-order valence-corrected chi connectivity index (χ3v) is 2.99. The van der Waals surface area contributed by atoms with Gasteiger partial charge in [-0.05, 0) is 17.7 Å². The third-order valence-electron chi connectivity index (χ3n) is 2.29. The fourth-order valence-corrected chi connectivity index (χ4v) is 2.13. The van der Waals surface area contributed by atoms with E-state index in [-0.39, 0.29) is 0 Å². The molecule has 16 heavy (non-hydrogen) atoms. The third kappa shape index (κ3) is 1.88. The fraction of sp³-hybridized carbons (Fsp3) is 0.167. The average Bonchev–Trinajstić information content (AvgIpc) is 2.36. The highest BCUT2D eigenvalue weighted by molar-refractivity contribution is 7.98. The van der Waals surface area contributed by atoms with Crippen LogP contribution in [0, 0.1) is 0 Å². The van der Waals surface area contributed by atoms with Crippen LogP contribution in [0.25, 0.3) is 10.8 Å². The average molecular weight is 233 g/mol. The second-order valence-electron chi connectivity index (χ2n) is 3.23. The number of nitrogens with zero attached hydrogens (tertiary/aromatic N) is 1. The van der Waals surface area contributed by atoms with Gasteiger partial charge in [-0.1, -0.05) is 24.3 Å². The molecular formula is C12H11NO2S. The first-order chi connectivity index (χ1) is 7.76. The Hall–Kier alpha value is -1.55. The second-order valence-corrected chi connectivity index (χ2v) is 4.02. The van der Waals surface area contributed by atoms with E-state index in [9.17, 15) is 4.79 Å². The number of methoxy groups -OCH3 is 1. The minimum atomic E-state index is -0.402. The van der Waals surface area contributed by atoms with Crippen LogP contribution in [0.3, 0.4) is 0 Å². The quantitative estimate of drug-likeness (QED) is 0.590. The minimum absolute atomic E-state index is 0.352. The lowest BCUT2D eigenvalue weighted by molar-refractivity contribution is 0.0593. The van der Waals surface area contributed by atoms with Gasteiger partial charge in [-0.25, -0.2) is 9.78 Å². The number of hydrogen-bond acceptors (Lipinski definition) is 4. The minimum Gasteiger partial charge on any atom is -0.464 e. The van der Waals surface area contributed by atoms with Crippen molar-refractivity contribution in [3.8, 4) is 0 Å². The molecule has 2 rings (SSSR count). The SMILES string of the molecule is COC(=O)c1cc2ccccc2c(SC)n1. The lowest BCUT2D eigenvalue weighted by Gasteiger charge is -2.05. The topological polar surface area (TPSA) is 39.2 Å². The molecule has 1 aromatic carbocycles. The van der Waals surface area contributed by atoms with Crippen molar-refractivity contribution in [2.45, 2.75) is 5.03 Å². The number of esters is 1. The van der Waals surface area contributed by atoms with E-state index in [1.165, 1.54) is 18.9 Å². The van der Waals surface area contributed by atoms with Gasteiger partial charge in [0.05, 0.1) is 7.11 Å². The standard InChI is InChI=1S/C12H11NO2S/c1-15-12(14)10-7-8-5-3-4-6-9(8)11(13-10)16-2/h3-7H,1-2H3. The molecule has 4 heteroatoms. The zero-order chi connectivity index (χ0) is 11.5. The van der Waals surface area contributed by atoms with E-state index in [2.05, 4.69) is 9.72 Å². The number of aromatic nitrogens is 1. The van der Waals surface area contributed by atoms with Crippen LogP contribution in [0.5, 0.6) is 0 Å². The maximum atomic E-state index is 11.4. The summed E-state index contributed by atoms with van der Waals surface area (Å²) in [4.78, 5) is 15.7. The number of pyridine rings is 1. The Balaban J connectivity index is 2.68. The molecule has 0 aliphatic carbocycles. The van der Waals surface area contributed by atoms with Gasteiger partial charge in [0.15, 0.2) is 0 Å². The summed E-state index contributed by atoms with van der Waals surface area (Å²) in [7, 11) is 1.36. The van der Waals surface area contributed by atoms with Crippen molar-refractivity contribution >= 4 is 28.5 Å². The zero-order valence-corrected chi connectivity index (χ0v) is 9.88. The van der Waals surface area contributed by atoms with Crippen molar-refractivity contribution < 1.29 is 9.53 Å². The van der Waals surface area contributed by atoms with Crippen LogP contribution < -0.4 is 0 Å². The normalized spacial score (nSPS) is 10.4. The highest BCUT2D eigenvalue weighted by atomic mass is 32.2. The summed E-state index contributed by atoms with van der Waals surface area (Å²) in [5.41, 5.74) is 0.352. The van der Waals surface area contributed by atoms with E-state index in [4.69, 9.17) is 0 Å². The largest absolute Gasteiger partial charge is 0.464 e. The summed E-state index contributed by atoms with van der Waals surface area (Å²) in [5, 5.41) is 2.91. The van der Waals surface area contributed by atoms with Gasteiger partial charge in [0.1, 0.15) is 10.7 Å². The predicted molar refractivity (Wildman–Crippen MR) is 64.9 cm³/mol. The molecule has 2 aromatic rings. The van der Waals surface area contributed by atoms with E-state index in [1.807, 2.05) is 30.5 Å². The molecule has 3 nitrogen and oxygen atoms in total. The van der Waals surface area contributed by atoms with Gasteiger partial charge in [-0.2, -0.15) is 0 Å². The van der Waals surface area contributed by atoms with Crippen LogP contribution in [0.15, 0.2) is 35.4 Å². The highest BCUT2D eigenvalue weighted by Gasteiger charge is 2.11. The molecule has 0 atom stereocenters. The molecule has 0 radical (unpaired) electrons. The molecule has 0 amide bonds. The summed E-state index contributed by atoms with van der Waals surface area (Å²) in [6.07, 6.45) is 1.94. The van der Waals surface area contributed by atoms with E-state index < -0.39 is 5.97 Å². The number of thioether (sulfide) groups is 1. The van der Waals surface area contributed by atoms with Gasteiger partial charge in [0.2, 0.25) is 0 Å². The van der Waals surface area contributed by atoms with Gasteiger partial charge in [0.25, 0.3) is 0 Å². The summed E-state index contributed by atoms with van der Waals surface area (Å²) in [5.74, 6) is -0.402. The number of hydrogen-bond donors (Lipinski definition) is 0. The van der Waals surface area contributed by atoms with E-state index in [1.54, 1.807) is 6.07 Å². The summed E-state index contributed by atoms with van der Waals surface area (Å²) < 4.78 is 4.67. The monoisotopic (exact) mass is 233 g/mol. The van der Waals surface area contributed by atoms with Crippen molar-refractivity contribution in [1.29, 1.82) is 0 Å². The summed E-state index contributed by atoms with van der Waals surface area (Å²) >= 11 is 1.52. The van der Waals surface area contributed by atoms with Crippen molar-refractivity contribution in [2.24, 2.45) is 0 Å². The molecule has 0 N–H and O–H groups in total. The van der Waals surface area contributed by atoms with Crippen LogP contribution in [0.1, 0.15) is 10.5 Å². The van der Waals surface area contributed by atoms with Gasteiger partial charge < -0.3 is 4.74 Å². The molecule has 0 bridgehead atoms. The van der Waals surface area contributed by atoms with Gasteiger partial charge in [-0.15, -0.1) is 11.8 Å². The Bertz CT molecular complexity index is 540. The Morgan fingerprint density at radius 1 is 1.38 bits per heavy atom. The maximum absolute atomic E-state index is 11.4. The Kier molecular flexibility index (Phi) is 3.10. The van der Waals surface area contributed by atoms with E-state index in [0.29, 0.717) is 5.69 Å². The molecule has 0 aliphatic heterocycles. The molecule has 82 valence electrons. The van der Waals surface area contributed by atoms with Gasteiger partial charge in [-0.3, -0.25) is 0 Å². The first-order valence-corrected chi connectivity index (χ1v) is 6.01.